The van der Waals surface area contributed by atoms with Crippen LogP contribution in [0, 0.1) is 0 Å². The van der Waals surface area contributed by atoms with E-state index < -0.39 is 5.91 Å². The lowest BCUT2D eigenvalue weighted by atomic mass is 10.1. The Hall–Kier alpha value is -2.36. The summed E-state index contributed by atoms with van der Waals surface area (Å²) in [6.07, 6.45) is 0.821. The van der Waals surface area contributed by atoms with Crippen molar-refractivity contribution in [2.24, 2.45) is 5.16 Å². The molecule has 1 amide bonds. The SMILES string of the molecule is O=C(C=NO)Nc1cccc2ccccc12. The average molecular weight is 214 g/mol. The van der Waals surface area contributed by atoms with Crippen LogP contribution >= 0.6 is 0 Å². The lowest BCUT2D eigenvalue weighted by Crippen LogP contribution is -2.12. The molecule has 2 aromatic rings. The van der Waals surface area contributed by atoms with Crippen molar-refractivity contribution in [3.8, 4) is 0 Å². The van der Waals surface area contributed by atoms with Gasteiger partial charge in [-0.05, 0) is 11.5 Å². The van der Waals surface area contributed by atoms with E-state index in [1.807, 2.05) is 36.4 Å². The van der Waals surface area contributed by atoms with Gasteiger partial charge in [-0.2, -0.15) is 0 Å². The smallest absolute Gasteiger partial charge is 0.270 e. The maximum atomic E-state index is 11.2. The number of carbonyl (C=O) groups is 1. The molecule has 0 aromatic heterocycles. The second-order valence-electron chi connectivity index (χ2n) is 3.26. The Morgan fingerprint density at radius 2 is 1.94 bits per heavy atom. The molecular weight excluding hydrogens is 204 g/mol. The molecule has 0 aliphatic heterocycles. The second-order valence-corrected chi connectivity index (χ2v) is 3.26. The molecule has 2 aromatic carbocycles. The van der Waals surface area contributed by atoms with E-state index in [2.05, 4.69) is 10.5 Å². The van der Waals surface area contributed by atoms with Gasteiger partial charge in [0.1, 0.15) is 6.21 Å². The number of anilines is 1. The number of nitrogens with one attached hydrogen (secondary N) is 1. The van der Waals surface area contributed by atoms with Gasteiger partial charge >= 0.3 is 0 Å². The minimum absolute atomic E-state index is 0.459. The van der Waals surface area contributed by atoms with Gasteiger partial charge in [0.2, 0.25) is 0 Å². The van der Waals surface area contributed by atoms with Gasteiger partial charge in [0.25, 0.3) is 5.91 Å². The van der Waals surface area contributed by atoms with E-state index in [0.717, 1.165) is 17.0 Å². The molecule has 0 bridgehead atoms. The van der Waals surface area contributed by atoms with E-state index in [1.165, 1.54) is 0 Å². The van der Waals surface area contributed by atoms with Crippen LogP contribution in [0.3, 0.4) is 0 Å². The number of hydrogen-bond donors (Lipinski definition) is 2. The lowest BCUT2D eigenvalue weighted by molar-refractivity contribution is -0.110. The molecular formula is C12H10N2O2. The van der Waals surface area contributed by atoms with Crippen LogP contribution in [0.5, 0.6) is 0 Å². The molecule has 80 valence electrons. The van der Waals surface area contributed by atoms with Gasteiger partial charge in [0.15, 0.2) is 0 Å². The van der Waals surface area contributed by atoms with Crippen molar-refractivity contribution in [1.82, 2.24) is 0 Å². The average Bonchev–Trinajstić information content (AvgIpc) is 2.30. The quantitative estimate of drug-likeness (QED) is 0.457. The van der Waals surface area contributed by atoms with Crippen LogP contribution in [0.25, 0.3) is 10.8 Å². The Balaban J connectivity index is 2.41. The number of amides is 1. The number of oxime groups is 1. The van der Waals surface area contributed by atoms with Crippen LogP contribution in [-0.4, -0.2) is 17.3 Å². The van der Waals surface area contributed by atoms with Gasteiger partial charge in [0, 0.05) is 11.1 Å². The summed E-state index contributed by atoms with van der Waals surface area (Å²) >= 11 is 0. The fourth-order valence-electron chi connectivity index (χ4n) is 1.55. The molecule has 4 nitrogen and oxygen atoms in total. The first-order valence-electron chi connectivity index (χ1n) is 4.77. The summed E-state index contributed by atoms with van der Waals surface area (Å²) < 4.78 is 0. The minimum atomic E-state index is -0.459. The monoisotopic (exact) mass is 214 g/mol. The van der Waals surface area contributed by atoms with Crippen molar-refractivity contribution in [2.45, 2.75) is 0 Å². The third-order valence-corrected chi connectivity index (χ3v) is 2.22. The van der Waals surface area contributed by atoms with Gasteiger partial charge in [-0.1, -0.05) is 41.6 Å². The van der Waals surface area contributed by atoms with Crippen molar-refractivity contribution >= 4 is 28.6 Å². The zero-order valence-electron chi connectivity index (χ0n) is 8.42. The summed E-state index contributed by atoms with van der Waals surface area (Å²) in [7, 11) is 0. The van der Waals surface area contributed by atoms with E-state index in [-0.39, 0.29) is 0 Å². The second kappa shape index (κ2) is 4.44. The maximum Gasteiger partial charge on any atom is 0.270 e. The number of carbonyl (C=O) groups excluding carboxylic acids is 1. The summed E-state index contributed by atoms with van der Waals surface area (Å²) in [6, 6.07) is 13.3. The molecule has 0 spiro atoms. The van der Waals surface area contributed by atoms with Crippen LogP contribution < -0.4 is 5.32 Å². The van der Waals surface area contributed by atoms with Gasteiger partial charge in [0.05, 0.1) is 0 Å². The van der Waals surface area contributed by atoms with Gasteiger partial charge in [-0.25, -0.2) is 0 Å². The van der Waals surface area contributed by atoms with Gasteiger partial charge in [-0.15, -0.1) is 0 Å². The van der Waals surface area contributed by atoms with Crippen molar-refractivity contribution in [3.05, 3.63) is 42.5 Å². The normalized spacial score (nSPS) is 10.8. The molecule has 2 N–H and O–H groups in total. The predicted molar refractivity (Wildman–Crippen MR) is 62.9 cm³/mol. The molecule has 0 aliphatic rings. The predicted octanol–water partition coefficient (Wildman–Crippen LogP) is 2.24. The Morgan fingerprint density at radius 3 is 2.75 bits per heavy atom. The van der Waals surface area contributed by atoms with Gasteiger partial charge < -0.3 is 10.5 Å². The van der Waals surface area contributed by atoms with E-state index >= 15 is 0 Å². The molecule has 0 saturated carbocycles. The van der Waals surface area contributed by atoms with Crippen molar-refractivity contribution in [1.29, 1.82) is 0 Å². The Labute approximate surface area is 92.2 Å². The first-order chi connectivity index (χ1) is 7.81. The van der Waals surface area contributed by atoms with Gasteiger partial charge in [-0.3, -0.25) is 4.79 Å². The third-order valence-electron chi connectivity index (χ3n) is 2.22. The van der Waals surface area contributed by atoms with Crippen molar-refractivity contribution < 1.29 is 10.0 Å². The molecule has 0 fully saturated rings. The summed E-state index contributed by atoms with van der Waals surface area (Å²) in [6.45, 7) is 0. The molecule has 2 rings (SSSR count). The van der Waals surface area contributed by atoms with Crippen molar-refractivity contribution in [2.75, 3.05) is 5.32 Å². The number of nitrogens with zero attached hydrogens (tertiary/aromatic N) is 1. The number of rotatable bonds is 2. The van der Waals surface area contributed by atoms with E-state index in [0.29, 0.717) is 5.69 Å². The van der Waals surface area contributed by atoms with Crippen LogP contribution in [0.4, 0.5) is 5.69 Å². The Kier molecular flexibility index (Phi) is 2.82. The summed E-state index contributed by atoms with van der Waals surface area (Å²) in [5.74, 6) is -0.459. The molecule has 0 radical (unpaired) electrons. The van der Waals surface area contributed by atoms with Crippen LogP contribution in [0.1, 0.15) is 0 Å². The first-order valence-corrected chi connectivity index (χ1v) is 4.77. The lowest BCUT2D eigenvalue weighted by Gasteiger charge is -2.05. The molecule has 0 unspecified atom stereocenters. The fraction of sp³-hybridized carbons (Fsp3) is 0. The highest BCUT2D eigenvalue weighted by Crippen LogP contribution is 2.22. The van der Waals surface area contributed by atoms with Crippen LogP contribution in [0.15, 0.2) is 47.6 Å². The first kappa shape index (κ1) is 10.2. The van der Waals surface area contributed by atoms with E-state index in [9.17, 15) is 4.79 Å². The number of benzene rings is 2. The molecule has 0 aliphatic carbocycles. The van der Waals surface area contributed by atoms with E-state index in [1.54, 1.807) is 6.07 Å². The highest BCUT2D eigenvalue weighted by Gasteiger charge is 2.02. The molecule has 0 atom stereocenters. The minimum Gasteiger partial charge on any atom is -0.411 e. The standard InChI is InChI=1S/C12H10N2O2/c15-12(8-13-16)14-11-7-3-5-9-4-1-2-6-10(9)11/h1-8,16H,(H,14,15). The summed E-state index contributed by atoms with van der Waals surface area (Å²) in [5.41, 5.74) is 0.697. The Bertz CT molecular complexity index is 544. The molecule has 4 heteroatoms. The topological polar surface area (TPSA) is 61.7 Å². The molecule has 0 heterocycles. The van der Waals surface area contributed by atoms with Crippen LogP contribution in [-0.2, 0) is 4.79 Å². The molecule has 0 saturated heterocycles. The summed E-state index contributed by atoms with van der Waals surface area (Å²) in [4.78, 5) is 11.2. The van der Waals surface area contributed by atoms with Crippen LogP contribution in [0.2, 0.25) is 0 Å². The highest BCUT2D eigenvalue weighted by molar-refractivity contribution is 6.32. The zero-order chi connectivity index (χ0) is 11.4. The van der Waals surface area contributed by atoms with Crippen molar-refractivity contribution in [3.63, 3.8) is 0 Å². The maximum absolute atomic E-state index is 11.2. The summed E-state index contributed by atoms with van der Waals surface area (Å²) in [5, 5.41) is 15.5. The largest absolute Gasteiger partial charge is 0.411 e. The molecule has 16 heavy (non-hydrogen) atoms. The Morgan fingerprint density at radius 1 is 1.19 bits per heavy atom. The zero-order valence-corrected chi connectivity index (χ0v) is 8.42. The highest BCUT2D eigenvalue weighted by atomic mass is 16.4. The fourth-order valence-corrected chi connectivity index (χ4v) is 1.55. The third kappa shape index (κ3) is 2.00. The number of fused-ring (bicyclic) bond motifs is 1. The van der Waals surface area contributed by atoms with E-state index in [4.69, 9.17) is 5.21 Å². The number of hydrogen-bond acceptors (Lipinski definition) is 3.